The summed E-state index contributed by atoms with van der Waals surface area (Å²) in [5.41, 5.74) is 6.16. The van der Waals surface area contributed by atoms with E-state index in [1.54, 1.807) is 4.90 Å². The van der Waals surface area contributed by atoms with E-state index in [-0.39, 0.29) is 11.7 Å². The molecule has 1 aromatic rings. The third-order valence-electron chi connectivity index (χ3n) is 2.80. The molecule has 21 heavy (non-hydrogen) atoms. The summed E-state index contributed by atoms with van der Waals surface area (Å²) in [6, 6.07) is 5.62. The van der Waals surface area contributed by atoms with Crippen molar-refractivity contribution < 1.29 is 10.0 Å². The number of rotatable bonds is 6. The Kier molecular flexibility index (Phi) is 7.44. The Balaban J connectivity index is 2.96. The van der Waals surface area contributed by atoms with Crippen molar-refractivity contribution in [3.8, 4) is 0 Å². The summed E-state index contributed by atoms with van der Waals surface area (Å²) in [6.45, 7) is 5.15. The van der Waals surface area contributed by atoms with E-state index in [1.807, 2.05) is 18.2 Å². The van der Waals surface area contributed by atoms with Gasteiger partial charge in [0.1, 0.15) is 5.84 Å². The minimum absolute atomic E-state index is 0.0415. The van der Waals surface area contributed by atoms with Gasteiger partial charge in [-0.15, -0.1) is 0 Å². The lowest BCUT2D eigenvalue weighted by Crippen LogP contribution is -2.37. The average Bonchev–Trinajstić information content (AvgIpc) is 2.44. The van der Waals surface area contributed by atoms with E-state index in [0.29, 0.717) is 31.0 Å². The molecule has 1 amide bonds. The highest BCUT2D eigenvalue weighted by Gasteiger charge is 2.19. The van der Waals surface area contributed by atoms with Gasteiger partial charge in [-0.25, -0.2) is 0 Å². The predicted molar refractivity (Wildman–Crippen MR) is 95.6 cm³/mol. The largest absolute Gasteiger partial charge is 0.409 e. The number of nitrogens with zero attached hydrogens (tertiary/aromatic N) is 2. The van der Waals surface area contributed by atoms with Crippen molar-refractivity contribution in [2.24, 2.45) is 16.8 Å². The molecule has 0 heterocycles. The summed E-state index contributed by atoms with van der Waals surface area (Å²) in [6.07, 6.45) is 0.347. The first-order chi connectivity index (χ1) is 9.85. The fraction of sp³-hybridized carbons (Fsp3) is 0.429. The van der Waals surface area contributed by atoms with Gasteiger partial charge in [-0.2, -0.15) is 0 Å². The van der Waals surface area contributed by atoms with Gasteiger partial charge in [-0.1, -0.05) is 34.9 Å². The monoisotopic (exact) mass is 467 g/mol. The number of amidine groups is 1. The highest BCUT2D eigenvalue weighted by molar-refractivity contribution is 14.1. The van der Waals surface area contributed by atoms with Gasteiger partial charge in [0, 0.05) is 27.6 Å². The summed E-state index contributed by atoms with van der Waals surface area (Å²) in [5, 5.41) is 11.6. The summed E-state index contributed by atoms with van der Waals surface area (Å²) < 4.78 is 1.77. The van der Waals surface area contributed by atoms with E-state index in [9.17, 15) is 4.79 Å². The molecule has 0 bridgehead atoms. The van der Waals surface area contributed by atoms with Crippen molar-refractivity contribution in [1.29, 1.82) is 0 Å². The van der Waals surface area contributed by atoms with Gasteiger partial charge in [0.2, 0.25) is 0 Å². The zero-order valence-electron chi connectivity index (χ0n) is 12.0. The second-order valence-electron chi connectivity index (χ2n) is 5.11. The van der Waals surface area contributed by atoms with Crippen LogP contribution in [0.4, 0.5) is 0 Å². The number of oxime groups is 1. The molecule has 0 saturated heterocycles. The summed E-state index contributed by atoms with van der Waals surface area (Å²) in [7, 11) is 0. The fourth-order valence-corrected chi connectivity index (χ4v) is 2.78. The maximum atomic E-state index is 12.7. The molecular formula is C14H19BrIN3O2. The lowest BCUT2D eigenvalue weighted by atomic mass is 10.1. The van der Waals surface area contributed by atoms with Gasteiger partial charge in [0.15, 0.2) is 0 Å². The molecule has 0 radical (unpaired) electrons. The zero-order chi connectivity index (χ0) is 16.0. The van der Waals surface area contributed by atoms with Crippen LogP contribution in [0.25, 0.3) is 0 Å². The number of hydrogen-bond acceptors (Lipinski definition) is 3. The number of benzene rings is 1. The lowest BCUT2D eigenvalue weighted by Gasteiger charge is -2.25. The molecule has 0 aliphatic heterocycles. The first-order valence-electron chi connectivity index (χ1n) is 6.55. The molecule has 0 fully saturated rings. The van der Waals surface area contributed by atoms with Crippen molar-refractivity contribution in [2.45, 2.75) is 20.3 Å². The van der Waals surface area contributed by atoms with Crippen LogP contribution in [0.5, 0.6) is 0 Å². The van der Waals surface area contributed by atoms with Crippen molar-refractivity contribution in [3.63, 3.8) is 0 Å². The van der Waals surface area contributed by atoms with E-state index in [1.165, 1.54) is 0 Å². The standard InChI is InChI=1S/C14H19BrIN3O2/c1-9(2)8-19(6-5-13(17)18-21)14(20)11-7-10(15)3-4-12(11)16/h3-4,7,9,21H,5-6,8H2,1-2H3,(H2,17,18). The molecule has 5 nitrogen and oxygen atoms in total. The highest BCUT2D eigenvalue weighted by atomic mass is 127. The first kappa shape index (κ1) is 18.2. The van der Waals surface area contributed by atoms with Crippen LogP contribution in [-0.4, -0.2) is 34.9 Å². The minimum Gasteiger partial charge on any atom is -0.409 e. The molecule has 7 heteroatoms. The van der Waals surface area contributed by atoms with Crippen LogP contribution in [0.15, 0.2) is 27.8 Å². The lowest BCUT2D eigenvalue weighted by molar-refractivity contribution is 0.0739. The topological polar surface area (TPSA) is 78.9 Å². The second-order valence-corrected chi connectivity index (χ2v) is 7.19. The van der Waals surface area contributed by atoms with Crippen molar-refractivity contribution in [3.05, 3.63) is 31.8 Å². The number of nitrogens with two attached hydrogens (primary N) is 1. The third-order valence-corrected chi connectivity index (χ3v) is 4.23. The van der Waals surface area contributed by atoms with Crippen molar-refractivity contribution in [1.82, 2.24) is 4.90 Å². The number of halogens is 2. The Bertz CT molecular complexity index is 535. The van der Waals surface area contributed by atoms with Crippen molar-refractivity contribution >= 4 is 50.3 Å². The quantitative estimate of drug-likeness (QED) is 0.221. The van der Waals surface area contributed by atoms with Gasteiger partial charge < -0.3 is 15.8 Å². The summed E-state index contributed by atoms with van der Waals surface area (Å²) >= 11 is 5.54. The number of carbonyl (C=O) groups excluding carboxylic acids is 1. The molecule has 1 aromatic carbocycles. The Hall–Kier alpha value is -0.830. The third kappa shape index (κ3) is 5.82. The van der Waals surface area contributed by atoms with Crippen LogP contribution in [0.3, 0.4) is 0 Å². The zero-order valence-corrected chi connectivity index (χ0v) is 15.8. The van der Waals surface area contributed by atoms with Crippen molar-refractivity contribution in [2.75, 3.05) is 13.1 Å². The Morgan fingerprint density at radius 1 is 1.52 bits per heavy atom. The van der Waals surface area contributed by atoms with E-state index in [2.05, 4.69) is 57.5 Å². The summed E-state index contributed by atoms with van der Waals surface area (Å²) in [4.78, 5) is 14.5. The molecule has 0 saturated carbocycles. The van der Waals surface area contributed by atoms with Gasteiger partial charge in [-0.3, -0.25) is 4.79 Å². The Morgan fingerprint density at radius 2 is 2.19 bits per heavy atom. The molecule has 1 rings (SSSR count). The van der Waals surface area contributed by atoms with E-state index in [4.69, 9.17) is 10.9 Å². The predicted octanol–water partition coefficient (Wildman–Crippen LogP) is 3.29. The molecule has 116 valence electrons. The van der Waals surface area contributed by atoms with Gasteiger partial charge in [0.25, 0.3) is 5.91 Å². The van der Waals surface area contributed by atoms with Gasteiger partial charge in [-0.05, 0) is 46.7 Å². The molecule has 0 aliphatic rings. The average molecular weight is 468 g/mol. The molecule has 0 atom stereocenters. The molecular weight excluding hydrogens is 449 g/mol. The first-order valence-corrected chi connectivity index (χ1v) is 8.43. The smallest absolute Gasteiger partial charge is 0.254 e. The maximum absolute atomic E-state index is 12.7. The molecule has 3 N–H and O–H groups in total. The maximum Gasteiger partial charge on any atom is 0.254 e. The van der Waals surface area contributed by atoms with Gasteiger partial charge in [0.05, 0.1) is 5.56 Å². The van der Waals surface area contributed by atoms with E-state index in [0.717, 1.165) is 8.04 Å². The van der Waals surface area contributed by atoms with Crippen LogP contribution in [0, 0.1) is 9.49 Å². The van der Waals surface area contributed by atoms with Crippen LogP contribution in [0.1, 0.15) is 30.6 Å². The number of amides is 1. The Morgan fingerprint density at radius 3 is 2.76 bits per heavy atom. The fourth-order valence-electron chi connectivity index (χ4n) is 1.85. The number of carbonyl (C=O) groups is 1. The van der Waals surface area contributed by atoms with Gasteiger partial charge >= 0.3 is 0 Å². The van der Waals surface area contributed by atoms with Crippen LogP contribution < -0.4 is 5.73 Å². The van der Waals surface area contributed by atoms with Crippen LogP contribution in [0.2, 0.25) is 0 Å². The normalized spacial score (nSPS) is 11.8. The summed E-state index contributed by atoms with van der Waals surface area (Å²) in [5.74, 6) is 0.423. The van der Waals surface area contributed by atoms with Crippen LogP contribution >= 0.6 is 38.5 Å². The highest BCUT2D eigenvalue weighted by Crippen LogP contribution is 2.20. The molecule has 0 aromatic heterocycles. The molecule has 0 spiro atoms. The SMILES string of the molecule is CC(C)CN(CC/C(N)=N/O)C(=O)c1cc(Br)ccc1I. The van der Waals surface area contributed by atoms with Crippen LogP contribution in [-0.2, 0) is 0 Å². The van der Waals surface area contributed by atoms with E-state index >= 15 is 0 Å². The second kappa shape index (κ2) is 8.57. The number of hydrogen-bond donors (Lipinski definition) is 2. The molecule has 0 aliphatic carbocycles. The molecule has 0 unspecified atom stereocenters. The minimum atomic E-state index is -0.0415. The Labute approximate surface area is 146 Å². The van der Waals surface area contributed by atoms with E-state index < -0.39 is 0 Å².